The van der Waals surface area contributed by atoms with Crippen LogP contribution in [0.3, 0.4) is 0 Å². The number of methoxy groups -OCH3 is 1. The van der Waals surface area contributed by atoms with Crippen LogP contribution in [0.4, 0.5) is 0 Å². The molecule has 0 saturated carbocycles. The van der Waals surface area contributed by atoms with E-state index in [9.17, 15) is 0 Å². The van der Waals surface area contributed by atoms with Crippen molar-refractivity contribution in [1.29, 1.82) is 0 Å². The Hall–Kier alpha value is -2.10. The summed E-state index contributed by atoms with van der Waals surface area (Å²) in [6, 6.07) is 0. The normalized spacial score (nSPS) is 11.0. The predicted molar refractivity (Wildman–Crippen MR) is 76.8 cm³/mol. The Kier molecular flexibility index (Phi) is 4.66. The Labute approximate surface area is 108 Å². The molecular formula is C14H19N3O. The van der Waals surface area contributed by atoms with Crippen LogP contribution in [0.1, 0.15) is 32.0 Å². The van der Waals surface area contributed by atoms with Crippen molar-refractivity contribution in [2.75, 3.05) is 7.11 Å². The number of rotatable bonds is 5. The summed E-state index contributed by atoms with van der Waals surface area (Å²) in [5.74, 6) is 0.498. The van der Waals surface area contributed by atoms with Crippen LogP contribution >= 0.6 is 0 Å². The first kappa shape index (κ1) is 14.0. The van der Waals surface area contributed by atoms with Crippen molar-refractivity contribution in [3.05, 3.63) is 36.6 Å². The Morgan fingerprint density at radius 3 is 2.56 bits per heavy atom. The van der Waals surface area contributed by atoms with E-state index >= 15 is 0 Å². The second-order valence-corrected chi connectivity index (χ2v) is 3.95. The van der Waals surface area contributed by atoms with Gasteiger partial charge in [0.2, 0.25) is 5.88 Å². The molecule has 0 spiro atoms. The lowest BCUT2D eigenvalue weighted by molar-refractivity contribution is 0.396. The van der Waals surface area contributed by atoms with Crippen LogP contribution in [0, 0.1) is 0 Å². The van der Waals surface area contributed by atoms with Gasteiger partial charge in [0, 0.05) is 5.71 Å². The van der Waals surface area contributed by atoms with E-state index in [2.05, 4.69) is 28.3 Å². The largest absolute Gasteiger partial charge is 0.479 e. The predicted octanol–water partition coefficient (Wildman–Crippen LogP) is 3.46. The average molecular weight is 245 g/mol. The van der Waals surface area contributed by atoms with Crippen LogP contribution in [-0.4, -0.2) is 23.0 Å². The van der Waals surface area contributed by atoms with Gasteiger partial charge in [0.25, 0.3) is 0 Å². The zero-order chi connectivity index (χ0) is 13.7. The molecule has 1 heterocycles. The highest BCUT2D eigenvalue weighted by Gasteiger charge is 2.17. The minimum Gasteiger partial charge on any atom is -0.479 e. The molecule has 18 heavy (non-hydrogen) atoms. The van der Waals surface area contributed by atoms with E-state index in [1.807, 2.05) is 26.8 Å². The number of aromatic amines is 1. The Balaban J connectivity index is 3.41. The van der Waals surface area contributed by atoms with Crippen molar-refractivity contribution < 1.29 is 4.74 Å². The minimum atomic E-state index is 0.498. The number of hydrogen-bond donors (Lipinski definition) is 1. The lowest BCUT2D eigenvalue weighted by Crippen LogP contribution is -1.92. The van der Waals surface area contributed by atoms with E-state index in [1.54, 1.807) is 13.2 Å². The minimum absolute atomic E-state index is 0.498. The van der Waals surface area contributed by atoms with Crippen molar-refractivity contribution >= 4 is 17.0 Å². The molecule has 1 rings (SSSR count). The van der Waals surface area contributed by atoms with Crippen molar-refractivity contribution in [3.8, 4) is 5.88 Å². The van der Waals surface area contributed by atoms with Crippen LogP contribution in [0.2, 0.25) is 0 Å². The maximum atomic E-state index is 5.22. The van der Waals surface area contributed by atoms with Gasteiger partial charge in [-0.2, -0.15) is 0 Å². The first-order valence-electron chi connectivity index (χ1n) is 5.67. The quantitative estimate of drug-likeness (QED) is 0.638. The molecule has 96 valence electrons. The third-order valence-corrected chi connectivity index (χ3v) is 2.37. The third kappa shape index (κ3) is 2.77. The molecule has 0 saturated heterocycles. The molecule has 0 aliphatic rings. The van der Waals surface area contributed by atoms with Gasteiger partial charge in [0.1, 0.15) is 0 Å². The molecule has 0 atom stereocenters. The van der Waals surface area contributed by atoms with Crippen LogP contribution in [0.15, 0.2) is 30.3 Å². The highest BCUT2D eigenvalue weighted by molar-refractivity contribution is 5.89. The molecule has 0 amide bonds. The van der Waals surface area contributed by atoms with E-state index in [-0.39, 0.29) is 0 Å². The summed E-state index contributed by atoms with van der Waals surface area (Å²) in [4.78, 5) is 4.47. The number of nitrogens with zero attached hydrogens (tertiary/aromatic N) is 2. The monoisotopic (exact) mass is 245 g/mol. The topological polar surface area (TPSA) is 50.3 Å². The first-order chi connectivity index (χ1) is 8.54. The number of aromatic nitrogens is 2. The number of aliphatic imine (C=N–C) groups is 1. The molecule has 1 aromatic heterocycles. The van der Waals surface area contributed by atoms with Crippen molar-refractivity contribution in [2.45, 2.75) is 20.8 Å². The number of allylic oxidation sites excluding steroid dienone is 3. The second kappa shape index (κ2) is 6.00. The Bertz CT molecular complexity index is 517. The lowest BCUT2D eigenvalue weighted by atomic mass is 10.1. The van der Waals surface area contributed by atoms with Gasteiger partial charge in [-0.25, -0.2) is 0 Å². The molecule has 1 aromatic rings. The fourth-order valence-corrected chi connectivity index (χ4v) is 1.56. The van der Waals surface area contributed by atoms with Crippen molar-refractivity contribution in [2.24, 2.45) is 4.99 Å². The highest BCUT2D eigenvalue weighted by Crippen LogP contribution is 2.31. The molecule has 0 aliphatic heterocycles. The fourth-order valence-electron chi connectivity index (χ4n) is 1.56. The standard InChI is InChI=1S/C14H19N3O/c1-7-10(5)12-13(16-17-14(12)18-6)11(8-2)15-9(3)4/h7-8H,1,5H2,2-4,6H3,(H,16,17)/b11-8-. The summed E-state index contributed by atoms with van der Waals surface area (Å²) in [7, 11) is 1.57. The van der Waals surface area contributed by atoms with E-state index in [0.717, 1.165) is 28.2 Å². The van der Waals surface area contributed by atoms with Gasteiger partial charge in [-0.1, -0.05) is 25.3 Å². The molecule has 0 aliphatic carbocycles. The van der Waals surface area contributed by atoms with Gasteiger partial charge in [0.15, 0.2) is 0 Å². The van der Waals surface area contributed by atoms with E-state index in [1.165, 1.54) is 0 Å². The number of ether oxygens (including phenoxy) is 1. The summed E-state index contributed by atoms with van der Waals surface area (Å²) >= 11 is 0. The SMILES string of the molecule is C=CC(=C)c1c(OC)n[nH]c1/C(=C/C)N=C(C)C. The smallest absolute Gasteiger partial charge is 0.240 e. The highest BCUT2D eigenvalue weighted by atomic mass is 16.5. The zero-order valence-corrected chi connectivity index (χ0v) is 11.4. The van der Waals surface area contributed by atoms with Crippen LogP contribution in [0.25, 0.3) is 11.3 Å². The van der Waals surface area contributed by atoms with E-state index in [0.29, 0.717) is 5.88 Å². The lowest BCUT2D eigenvalue weighted by Gasteiger charge is -2.05. The van der Waals surface area contributed by atoms with Gasteiger partial charge >= 0.3 is 0 Å². The van der Waals surface area contributed by atoms with Gasteiger partial charge in [-0.15, -0.1) is 5.10 Å². The number of hydrogen-bond acceptors (Lipinski definition) is 3. The van der Waals surface area contributed by atoms with Crippen LogP contribution in [0.5, 0.6) is 5.88 Å². The molecule has 0 radical (unpaired) electrons. The Morgan fingerprint density at radius 2 is 2.11 bits per heavy atom. The van der Waals surface area contributed by atoms with Crippen molar-refractivity contribution in [1.82, 2.24) is 10.2 Å². The molecular weight excluding hydrogens is 226 g/mol. The van der Waals surface area contributed by atoms with Gasteiger partial charge in [-0.05, 0) is 26.3 Å². The van der Waals surface area contributed by atoms with Crippen LogP contribution in [-0.2, 0) is 0 Å². The van der Waals surface area contributed by atoms with Gasteiger partial charge < -0.3 is 4.74 Å². The molecule has 0 fully saturated rings. The molecule has 0 aromatic carbocycles. The maximum Gasteiger partial charge on any atom is 0.240 e. The zero-order valence-electron chi connectivity index (χ0n) is 11.4. The molecule has 4 nitrogen and oxygen atoms in total. The first-order valence-corrected chi connectivity index (χ1v) is 5.67. The second-order valence-electron chi connectivity index (χ2n) is 3.95. The number of H-pyrrole nitrogens is 1. The summed E-state index contributed by atoms with van der Waals surface area (Å²) in [5.41, 5.74) is 4.11. The molecule has 0 bridgehead atoms. The summed E-state index contributed by atoms with van der Waals surface area (Å²) in [6.45, 7) is 13.5. The average Bonchev–Trinajstić information content (AvgIpc) is 2.78. The van der Waals surface area contributed by atoms with Gasteiger partial charge in [-0.3, -0.25) is 10.1 Å². The summed E-state index contributed by atoms with van der Waals surface area (Å²) in [5, 5.41) is 7.05. The third-order valence-electron chi connectivity index (χ3n) is 2.37. The van der Waals surface area contributed by atoms with Crippen LogP contribution < -0.4 is 4.74 Å². The fraction of sp³-hybridized carbons (Fsp3) is 0.286. The molecule has 1 N–H and O–H groups in total. The van der Waals surface area contributed by atoms with E-state index < -0.39 is 0 Å². The van der Waals surface area contributed by atoms with E-state index in [4.69, 9.17) is 4.74 Å². The Morgan fingerprint density at radius 1 is 1.44 bits per heavy atom. The maximum absolute atomic E-state index is 5.22. The summed E-state index contributed by atoms with van der Waals surface area (Å²) in [6.07, 6.45) is 3.59. The molecule has 0 unspecified atom stereocenters. The summed E-state index contributed by atoms with van der Waals surface area (Å²) < 4.78 is 5.22. The van der Waals surface area contributed by atoms with Crippen molar-refractivity contribution in [3.63, 3.8) is 0 Å². The molecule has 4 heteroatoms. The van der Waals surface area contributed by atoms with Gasteiger partial charge in [0.05, 0.1) is 24.1 Å². The number of nitrogens with one attached hydrogen (secondary N) is 1.